The molecular weight excluding hydrogens is 420 g/mol. The zero-order chi connectivity index (χ0) is 22.4. The lowest BCUT2D eigenvalue weighted by Crippen LogP contribution is -2.43. The maximum absolute atomic E-state index is 12.6. The van der Waals surface area contributed by atoms with Crippen LogP contribution in [-0.2, 0) is 18.2 Å². The quantitative estimate of drug-likeness (QED) is 0.537. The molecule has 5 unspecified atom stereocenters. The molecule has 0 spiro atoms. The van der Waals surface area contributed by atoms with E-state index in [2.05, 4.69) is 11.9 Å². The Morgan fingerprint density at radius 1 is 1.22 bits per heavy atom. The minimum absolute atomic E-state index is 0.0574. The average molecular weight is 453 g/mol. The van der Waals surface area contributed by atoms with Crippen LogP contribution in [0.5, 0.6) is 5.75 Å². The lowest BCUT2D eigenvalue weighted by atomic mass is 9.65. The first-order chi connectivity index (χ1) is 15.5. The molecule has 2 bridgehead atoms. The second kappa shape index (κ2) is 8.64. The molecule has 5 atom stereocenters. The van der Waals surface area contributed by atoms with Crippen LogP contribution in [-0.4, -0.2) is 26.5 Å². The van der Waals surface area contributed by atoms with Crippen LogP contribution in [0.4, 0.5) is 0 Å². The topological polar surface area (TPSA) is 70.1 Å². The molecule has 2 aliphatic carbocycles. The van der Waals surface area contributed by atoms with Crippen molar-refractivity contribution in [3.63, 3.8) is 0 Å². The number of nitrogens with one attached hydrogen (secondary N) is 1. The van der Waals surface area contributed by atoms with Crippen molar-refractivity contribution in [2.75, 3.05) is 6.26 Å². The van der Waals surface area contributed by atoms with Crippen molar-refractivity contribution in [2.24, 2.45) is 24.8 Å². The number of hydrogen-bond acceptors (Lipinski definition) is 3. The number of aromatic nitrogens is 2. The number of benzene rings is 1. The molecule has 170 valence electrons. The largest absolute Gasteiger partial charge is 0.612 e. The Labute approximate surface area is 192 Å². The van der Waals surface area contributed by atoms with Crippen LogP contribution in [0.2, 0.25) is 0 Å². The fourth-order valence-corrected chi connectivity index (χ4v) is 6.56. The Balaban J connectivity index is 1.62. The van der Waals surface area contributed by atoms with E-state index >= 15 is 0 Å². The monoisotopic (exact) mass is 452 g/mol. The summed E-state index contributed by atoms with van der Waals surface area (Å²) < 4.78 is 20.8. The molecule has 0 aliphatic heterocycles. The van der Waals surface area contributed by atoms with Gasteiger partial charge in [-0.25, -0.2) is 0 Å². The number of nitrogens with zero attached hydrogens (tertiary/aromatic N) is 1. The molecule has 2 saturated carbocycles. The molecule has 0 saturated heterocycles. The second-order valence-electron chi connectivity index (χ2n) is 9.62. The molecule has 1 aromatic carbocycles. The van der Waals surface area contributed by atoms with Crippen molar-refractivity contribution in [1.82, 2.24) is 9.55 Å². The van der Waals surface area contributed by atoms with Crippen molar-refractivity contribution in [3.8, 4) is 16.9 Å². The third-order valence-electron chi connectivity index (χ3n) is 7.64. The summed E-state index contributed by atoms with van der Waals surface area (Å²) in [7, 11) is 1.77. The number of pyridine rings is 1. The van der Waals surface area contributed by atoms with Crippen molar-refractivity contribution in [3.05, 3.63) is 47.0 Å². The SMILES string of the molecule is CCC1CC2CCCC(C2)C1Oc1ccc([S+](C)[O-])cc1-c1cn(C)c(=O)c2[nH]ccc12. The lowest BCUT2D eigenvalue weighted by Gasteiger charge is -2.45. The summed E-state index contributed by atoms with van der Waals surface area (Å²) >= 11 is -1.11. The van der Waals surface area contributed by atoms with Crippen molar-refractivity contribution < 1.29 is 9.29 Å². The number of fused-ring (bicyclic) bond motifs is 3. The van der Waals surface area contributed by atoms with Gasteiger partial charge in [-0.3, -0.25) is 4.79 Å². The van der Waals surface area contributed by atoms with Gasteiger partial charge in [0.1, 0.15) is 23.6 Å². The van der Waals surface area contributed by atoms with E-state index in [1.807, 2.05) is 30.5 Å². The van der Waals surface area contributed by atoms with Gasteiger partial charge < -0.3 is 18.8 Å². The van der Waals surface area contributed by atoms with E-state index in [0.717, 1.165) is 39.5 Å². The van der Waals surface area contributed by atoms with Gasteiger partial charge >= 0.3 is 0 Å². The van der Waals surface area contributed by atoms with Crippen LogP contribution in [0.1, 0.15) is 45.4 Å². The smallest absolute Gasteiger partial charge is 0.274 e. The number of H-pyrrole nitrogens is 1. The number of aryl methyl sites for hydroxylation is 1. The number of rotatable bonds is 5. The van der Waals surface area contributed by atoms with E-state index in [4.69, 9.17) is 4.74 Å². The van der Waals surface area contributed by atoms with Gasteiger partial charge in [0.2, 0.25) is 0 Å². The van der Waals surface area contributed by atoms with E-state index in [9.17, 15) is 9.35 Å². The van der Waals surface area contributed by atoms with Gasteiger partial charge in [0, 0.05) is 42.0 Å². The number of hydrogen-bond donors (Lipinski definition) is 1. The Hall–Kier alpha value is -2.18. The summed E-state index contributed by atoms with van der Waals surface area (Å²) in [5, 5.41) is 0.866. The minimum atomic E-state index is -1.11. The zero-order valence-electron chi connectivity index (χ0n) is 19.1. The van der Waals surface area contributed by atoms with E-state index in [1.54, 1.807) is 24.1 Å². The molecule has 2 aromatic heterocycles. The predicted molar refractivity (Wildman–Crippen MR) is 130 cm³/mol. The third kappa shape index (κ3) is 3.77. The van der Waals surface area contributed by atoms with E-state index in [-0.39, 0.29) is 11.7 Å². The standard InChI is InChI=1S/C26H32N2O3S/c1-4-17-12-16-6-5-7-18(13-16)25(17)31-23-9-8-19(32(3)30)14-21(23)22-15-28(2)26(29)24-20(22)10-11-27-24/h8-11,14-18,25,27H,4-7,12-13H2,1-3H3. The van der Waals surface area contributed by atoms with Crippen LogP contribution in [0.25, 0.3) is 22.0 Å². The fraction of sp³-hybridized carbons (Fsp3) is 0.500. The van der Waals surface area contributed by atoms with Gasteiger partial charge in [-0.1, -0.05) is 19.8 Å². The maximum atomic E-state index is 12.6. The van der Waals surface area contributed by atoms with Gasteiger partial charge in [-0.05, 0) is 72.8 Å². The van der Waals surface area contributed by atoms with Gasteiger partial charge in [0.05, 0.1) is 0 Å². The van der Waals surface area contributed by atoms with Crippen LogP contribution in [0.15, 0.2) is 46.3 Å². The third-order valence-corrected chi connectivity index (χ3v) is 8.56. The van der Waals surface area contributed by atoms with Gasteiger partial charge in [-0.15, -0.1) is 0 Å². The predicted octanol–water partition coefficient (Wildman–Crippen LogP) is 5.25. The van der Waals surface area contributed by atoms with Gasteiger partial charge in [-0.2, -0.15) is 0 Å². The summed E-state index contributed by atoms with van der Waals surface area (Å²) in [6.07, 6.45) is 13.2. The molecule has 0 amide bonds. The van der Waals surface area contributed by atoms with Crippen LogP contribution >= 0.6 is 0 Å². The van der Waals surface area contributed by atoms with E-state index < -0.39 is 11.2 Å². The Bertz CT molecular complexity index is 1180. The fourth-order valence-electron chi connectivity index (χ4n) is 6.02. The van der Waals surface area contributed by atoms with Crippen molar-refractivity contribution in [1.29, 1.82) is 0 Å². The zero-order valence-corrected chi connectivity index (χ0v) is 19.9. The summed E-state index contributed by atoms with van der Waals surface area (Å²) in [6, 6.07) is 7.81. The molecule has 2 fully saturated rings. The van der Waals surface area contributed by atoms with Gasteiger partial charge in [0.25, 0.3) is 5.56 Å². The molecule has 3 aromatic rings. The molecule has 2 aliphatic rings. The molecular formula is C26H32N2O3S. The van der Waals surface area contributed by atoms with Crippen molar-refractivity contribution >= 4 is 22.1 Å². The first kappa shape index (κ1) is 21.7. The highest BCUT2D eigenvalue weighted by Crippen LogP contribution is 2.46. The van der Waals surface area contributed by atoms with Crippen LogP contribution in [0, 0.1) is 17.8 Å². The average Bonchev–Trinajstić information content (AvgIpc) is 3.28. The lowest BCUT2D eigenvalue weighted by molar-refractivity contribution is -0.00955. The summed E-state index contributed by atoms with van der Waals surface area (Å²) in [4.78, 5) is 16.5. The molecule has 1 N–H and O–H groups in total. The summed E-state index contributed by atoms with van der Waals surface area (Å²) in [5.74, 6) is 2.85. The Morgan fingerprint density at radius 3 is 2.84 bits per heavy atom. The van der Waals surface area contributed by atoms with Crippen LogP contribution < -0.4 is 10.3 Å². The highest BCUT2D eigenvalue weighted by Gasteiger charge is 2.40. The molecule has 2 heterocycles. The van der Waals surface area contributed by atoms with Crippen molar-refractivity contribution in [2.45, 2.75) is 56.4 Å². The molecule has 0 radical (unpaired) electrons. The molecule has 5 nitrogen and oxygen atoms in total. The van der Waals surface area contributed by atoms with E-state index in [1.165, 1.54) is 32.1 Å². The Kier molecular flexibility index (Phi) is 5.84. The Morgan fingerprint density at radius 2 is 2.06 bits per heavy atom. The first-order valence-electron chi connectivity index (χ1n) is 11.8. The van der Waals surface area contributed by atoms with Crippen LogP contribution in [0.3, 0.4) is 0 Å². The highest BCUT2D eigenvalue weighted by atomic mass is 32.2. The molecule has 32 heavy (non-hydrogen) atoms. The highest BCUT2D eigenvalue weighted by molar-refractivity contribution is 7.90. The first-order valence-corrected chi connectivity index (χ1v) is 13.3. The summed E-state index contributed by atoms with van der Waals surface area (Å²) in [5.41, 5.74) is 2.36. The molecule has 6 heteroatoms. The second-order valence-corrected chi connectivity index (χ2v) is 11.0. The maximum Gasteiger partial charge on any atom is 0.274 e. The normalized spacial score (nSPS) is 26.2. The minimum Gasteiger partial charge on any atom is -0.612 e. The summed E-state index contributed by atoms with van der Waals surface area (Å²) in [6.45, 7) is 2.28. The van der Waals surface area contributed by atoms with Gasteiger partial charge in [0.15, 0.2) is 4.90 Å². The molecule has 5 rings (SSSR count). The number of ether oxygens (including phenoxy) is 1. The number of aromatic amines is 1. The van der Waals surface area contributed by atoms with E-state index in [0.29, 0.717) is 17.4 Å².